The lowest BCUT2D eigenvalue weighted by Gasteiger charge is -2.12. The van der Waals surface area contributed by atoms with Gasteiger partial charge in [0.05, 0.1) is 10.2 Å². The van der Waals surface area contributed by atoms with Crippen molar-refractivity contribution >= 4 is 21.7 Å². The molecule has 0 atom stereocenters. The van der Waals surface area contributed by atoms with Crippen molar-refractivity contribution in [1.29, 1.82) is 0 Å². The Labute approximate surface area is 132 Å². The van der Waals surface area contributed by atoms with Crippen LogP contribution in [0.3, 0.4) is 0 Å². The molecular weight excluding hydrogens is 333 g/mol. The van der Waals surface area contributed by atoms with Crippen molar-refractivity contribution in [1.82, 2.24) is 9.97 Å². The third kappa shape index (κ3) is 3.23. The Bertz CT molecular complexity index is 639. The zero-order valence-corrected chi connectivity index (χ0v) is 13.5. The van der Waals surface area contributed by atoms with Gasteiger partial charge in [-0.3, -0.25) is 0 Å². The van der Waals surface area contributed by atoms with Crippen LogP contribution in [0.25, 0.3) is 11.4 Å². The molecule has 0 spiro atoms. The van der Waals surface area contributed by atoms with Gasteiger partial charge in [0.1, 0.15) is 11.6 Å². The fourth-order valence-electron chi connectivity index (χ4n) is 2.18. The molecule has 0 bridgehead atoms. The first-order valence-corrected chi connectivity index (χ1v) is 8.05. The van der Waals surface area contributed by atoms with E-state index in [0.29, 0.717) is 11.7 Å². The smallest absolute Gasteiger partial charge is 0.161 e. The van der Waals surface area contributed by atoms with Gasteiger partial charge < -0.3 is 5.32 Å². The van der Waals surface area contributed by atoms with Gasteiger partial charge in [0.15, 0.2) is 5.82 Å². The Kier molecular flexibility index (Phi) is 4.19. The van der Waals surface area contributed by atoms with E-state index in [1.807, 2.05) is 0 Å². The van der Waals surface area contributed by atoms with Crippen LogP contribution in [0.2, 0.25) is 0 Å². The van der Waals surface area contributed by atoms with Crippen molar-refractivity contribution in [2.45, 2.75) is 32.1 Å². The maximum atomic E-state index is 13.1. The lowest BCUT2D eigenvalue weighted by Crippen LogP contribution is -2.07. The average Bonchev–Trinajstić information content (AvgIpc) is 3.32. The predicted octanol–water partition coefficient (Wildman–Crippen LogP) is 4.74. The fraction of sp³-hybridized carbons (Fsp3) is 0.375. The number of anilines is 1. The highest BCUT2D eigenvalue weighted by molar-refractivity contribution is 9.10. The maximum absolute atomic E-state index is 13.1. The molecule has 1 aromatic carbocycles. The second kappa shape index (κ2) is 6.10. The number of benzene rings is 1. The molecule has 110 valence electrons. The average molecular weight is 350 g/mol. The number of nitrogens with zero attached hydrogens (tertiary/aromatic N) is 2. The zero-order valence-electron chi connectivity index (χ0n) is 11.9. The molecule has 5 heteroatoms. The van der Waals surface area contributed by atoms with Crippen LogP contribution in [-0.4, -0.2) is 16.5 Å². The molecule has 0 saturated heterocycles. The van der Waals surface area contributed by atoms with E-state index < -0.39 is 0 Å². The molecule has 1 aromatic heterocycles. The largest absolute Gasteiger partial charge is 0.369 e. The lowest BCUT2D eigenvalue weighted by molar-refractivity contribution is 0.628. The third-order valence-electron chi connectivity index (χ3n) is 3.49. The highest BCUT2D eigenvalue weighted by atomic mass is 79.9. The number of hydrogen-bond donors (Lipinski definition) is 1. The first kappa shape index (κ1) is 14.4. The van der Waals surface area contributed by atoms with Crippen molar-refractivity contribution in [3.8, 4) is 11.4 Å². The molecule has 1 aliphatic rings. The van der Waals surface area contributed by atoms with Crippen molar-refractivity contribution in [2.24, 2.45) is 0 Å². The first-order valence-electron chi connectivity index (χ1n) is 7.26. The van der Waals surface area contributed by atoms with Gasteiger partial charge in [0, 0.05) is 18.0 Å². The Morgan fingerprint density at radius 2 is 1.95 bits per heavy atom. The molecule has 0 amide bonds. The quantitative estimate of drug-likeness (QED) is 0.846. The van der Waals surface area contributed by atoms with Crippen LogP contribution in [0.1, 0.15) is 37.8 Å². The SMILES string of the molecule is CCCNc1nc(-c2ccc(F)cc2)nc(C2CC2)c1Br. The highest BCUT2D eigenvalue weighted by Gasteiger charge is 2.29. The molecule has 1 fully saturated rings. The second-order valence-electron chi connectivity index (χ2n) is 5.30. The normalized spacial score (nSPS) is 14.2. The lowest BCUT2D eigenvalue weighted by atomic mass is 10.2. The molecule has 0 unspecified atom stereocenters. The van der Waals surface area contributed by atoms with E-state index in [-0.39, 0.29) is 5.82 Å². The summed E-state index contributed by atoms with van der Waals surface area (Å²) in [6.07, 6.45) is 3.37. The van der Waals surface area contributed by atoms with E-state index in [1.54, 1.807) is 12.1 Å². The van der Waals surface area contributed by atoms with Gasteiger partial charge in [-0.1, -0.05) is 6.92 Å². The van der Waals surface area contributed by atoms with Crippen LogP contribution < -0.4 is 5.32 Å². The summed E-state index contributed by atoms with van der Waals surface area (Å²) >= 11 is 3.62. The van der Waals surface area contributed by atoms with Crippen LogP contribution in [0.4, 0.5) is 10.2 Å². The Morgan fingerprint density at radius 1 is 1.24 bits per heavy atom. The van der Waals surface area contributed by atoms with Gasteiger partial charge >= 0.3 is 0 Å². The van der Waals surface area contributed by atoms with E-state index in [4.69, 9.17) is 0 Å². The van der Waals surface area contributed by atoms with Crippen molar-refractivity contribution < 1.29 is 4.39 Å². The summed E-state index contributed by atoms with van der Waals surface area (Å²) < 4.78 is 14.0. The van der Waals surface area contributed by atoms with Crippen molar-refractivity contribution in [3.63, 3.8) is 0 Å². The number of rotatable bonds is 5. The summed E-state index contributed by atoms with van der Waals surface area (Å²) in [7, 11) is 0. The van der Waals surface area contributed by atoms with Crippen molar-refractivity contribution in [2.75, 3.05) is 11.9 Å². The van der Waals surface area contributed by atoms with Gasteiger partial charge in [0.2, 0.25) is 0 Å². The Balaban J connectivity index is 2.03. The topological polar surface area (TPSA) is 37.8 Å². The predicted molar refractivity (Wildman–Crippen MR) is 85.9 cm³/mol. The van der Waals surface area contributed by atoms with E-state index in [0.717, 1.165) is 34.5 Å². The maximum Gasteiger partial charge on any atom is 0.161 e. The standard InChI is InChI=1S/C16H17BrFN3/c1-2-9-19-16-13(17)14(10-3-4-10)20-15(21-16)11-5-7-12(18)8-6-11/h5-8,10H,2-4,9H2,1H3,(H,19,20,21). The molecule has 3 rings (SSSR count). The van der Waals surface area contributed by atoms with E-state index in [9.17, 15) is 4.39 Å². The minimum atomic E-state index is -0.248. The third-order valence-corrected chi connectivity index (χ3v) is 4.27. The van der Waals surface area contributed by atoms with E-state index >= 15 is 0 Å². The highest BCUT2D eigenvalue weighted by Crippen LogP contribution is 2.44. The van der Waals surface area contributed by atoms with Crippen LogP contribution in [0.15, 0.2) is 28.7 Å². The van der Waals surface area contributed by atoms with Crippen LogP contribution in [-0.2, 0) is 0 Å². The zero-order chi connectivity index (χ0) is 14.8. The van der Waals surface area contributed by atoms with Gasteiger partial charge in [-0.2, -0.15) is 0 Å². The van der Waals surface area contributed by atoms with Gasteiger partial charge in [-0.15, -0.1) is 0 Å². The van der Waals surface area contributed by atoms with E-state index in [1.165, 1.54) is 25.0 Å². The molecule has 1 N–H and O–H groups in total. The summed E-state index contributed by atoms with van der Waals surface area (Å²) in [6, 6.07) is 6.32. The molecule has 0 aliphatic heterocycles. The van der Waals surface area contributed by atoms with Crippen LogP contribution in [0.5, 0.6) is 0 Å². The molecule has 1 aliphatic carbocycles. The van der Waals surface area contributed by atoms with E-state index in [2.05, 4.69) is 38.1 Å². The summed E-state index contributed by atoms with van der Waals surface area (Å²) in [5, 5.41) is 3.34. The summed E-state index contributed by atoms with van der Waals surface area (Å²) in [5.41, 5.74) is 1.90. The summed E-state index contributed by atoms with van der Waals surface area (Å²) in [6.45, 7) is 2.98. The molecule has 0 radical (unpaired) electrons. The minimum absolute atomic E-state index is 0.248. The van der Waals surface area contributed by atoms with Crippen LogP contribution in [0, 0.1) is 5.82 Å². The number of nitrogens with one attached hydrogen (secondary N) is 1. The number of hydrogen-bond acceptors (Lipinski definition) is 3. The number of halogens is 2. The molecule has 3 nitrogen and oxygen atoms in total. The summed E-state index contributed by atoms with van der Waals surface area (Å²) in [5.74, 6) is 1.75. The number of aromatic nitrogens is 2. The molecule has 2 aromatic rings. The monoisotopic (exact) mass is 349 g/mol. The minimum Gasteiger partial charge on any atom is -0.369 e. The molecular formula is C16H17BrFN3. The molecule has 21 heavy (non-hydrogen) atoms. The van der Waals surface area contributed by atoms with Gasteiger partial charge in [-0.25, -0.2) is 14.4 Å². The summed E-state index contributed by atoms with van der Waals surface area (Å²) in [4.78, 5) is 9.27. The molecule has 1 saturated carbocycles. The van der Waals surface area contributed by atoms with Crippen molar-refractivity contribution in [3.05, 3.63) is 40.2 Å². The molecule has 1 heterocycles. The van der Waals surface area contributed by atoms with Gasteiger partial charge in [0.25, 0.3) is 0 Å². The first-order chi connectivity index (χ1) is 10.2. The fourth-order valence-corrected chi connectivity index (χ4v) is 2.82. The van der Waals surface area contributed by atoms with Crippen LogP contribution >= 0.6 is 15.9 Å². The Hall–Kier alpha value is -1.49. The van der Waals surface area contributed by atoms with Gasteiger partial charge in [-0.05, 0) is 59.5 Å². The Morgan fingerprint density at radius 3 is 2.57 bits per heavy atom. The second-order valence-corrected chi connectivity index (χ2v) is 6.10.